The van der Waals surface area contributed by atoms with Crippen molar-refractivity contribution in [3.8, 4) is 0 Å². The van der Waals surface area contributed by atoms with Crippen LogP contribution in [0.25, 0.3) is 0 Å². The van der Waals surface area contributed by atoms with Crippen LogP contribution in [0.3, 0.4) is 0 Å². The average Bonchev–Trinajstić information content (AvgIpc) is 2.25. The number of carbonyl (C=O) groups is 1. The van der Waals surface area contributed by atoms with Gasteiger partial charge >= 0.3 is 6.18 Å². The third-order valence-corrected chi connectivity index (χ3v) is 2.45. The van der Waals surface area contributed by atoms with E-state index in [0.717, 1.165) is 6.08 Å². The van der Waals surface area contributed by atoms with E-state index < -0.39 is 11.7 Å². The summed E-state index contributed by atoms with van der Waals surface area (Å²) in [4.78, 5) is 12.9. The number of hydrogen-bond donors (Lipinski definition) is 1. The molecule has 1 aliphatic heterocycles. The third kappa shape index (κ3) is 3.52. The topological polar surface area (TPSA) is 32.3 Å². The number of nitrogens with one attached hydrogen (secondary N) is 1. The molecule has 0 saturated carbocycles. The molecule has 0 unspecified atom stereocenters. The lowest BCUT2D eigenvalue weighted by Crippen LogP contribution is -2.41. The number of nitrogens with zero attached hydrogens (tertiary/aromatic N) is 1. The number of alkyl halides is 3. The minimum atomic E-state index is -4.25. The first-order chi connectivity index (χ1) is 7.45. The summed E-state index contributed by atoms with van der Waals surface area (Å²) in [7, 11) is 0. The summed E-state index contributed by atoms with van der Waals surface area (Å²) in [6, 6.07) is 0. The summed E-state index contributed by atoms with van der Waals surface area (Å²) < 4.78 is 36.9. The molecule has 1 aliphatic rings. The highest BCUT2D eigenvalue weighted by Gasteiger charge is 2.35. The molecule has 6 heteroatoms. The van der Waals surface area contributed by atoms with Crippen LogP contribution in [0.2, 0.25) is 0 Å². The van der Waals surface area contributed by atoms with Gasteiger partial charge in [0, 0.05) is 18.7 Å². The second-order valence-electron chi connectivity index (χ2n) is 3.60. The fourth-order valence-corrected chi connectivity index (χ4v) is 1.50. The van der Waals surface area contributed by atoms with E-state index in [2.05, 4.69) is 5.32 Å². The molecular weight excluding hydrogens is 221 g/mol. The monoisotopic (exact) mass is 236 g/mol. The molecule has 0 aliphatic carbocycles. The quantitative estimate of drug-likeness (QED) is 0.749. The predicted octanol–water partition coefficient (Wildman–Crippen LogP) is 1.32. The first kappa shape index (κ1) is 13.0. The molecule has 16 heavy (non-hydrogen) atoms. The summed E-state index contributed by atoms with van der Waals surface area (Å²) in [5.41, 5.74) is -0.528. The van der Waals surface area contributed by atoms with Crippen LogP contribution in [0.5, 0.6) is 0 Å². The van der Waals surface area contributed by atoms with Crippen LogP contribution >= 0.6 is 0 Å². The van der Waals surface area contributed by atoms with Crippen LogP contribution in [-0.4, -0.2) is 43.2 Å². The molecular formula is C10H15F3N2O. The lowest BCUT2D eigenvalue weighted by Gasteiger charge is -2.27. The van der Waals surface area contributed by atoms with Gasteiger partial charge in [0.05, 0.1) is 6.54 Å². The van der Waals surface area contributed by atoms with Gasteiger partial charge in [-0.1, -0.05) is 13.0 Å². The van der Waals surface area contributed by atoms with Crippen molar-refractivity contribution in [2.24, 2.45) is 0 Å². The van der Waals surface area contributed by atoms with Gasteiger partial charge in [0.15, 0.2) is 0 Å². The number of halogens is 3. The summed E-state index contributed by atoms with van der Waals surface area (Å²) in [5.74, 6) is -0.153. The predicted molar refractivity (Wildman–Crippen MR) is 53.9 cm³/mol. The first-order valence-corrected chi connectivity index (χ1v) is 5.20. The summed E-state index contributed by atoms with van der Waals surface area (Å²) in [5, 5.41) is 2.85. The molecule has 0 fully saturated rings. The van der Waals surface area contributed by atoms with Crippen molar-refractivity contribution in [1.29, 1.82) is 0 Å². The van der Waals surface area contributed by atoms with Gasteiger partial charge in [0.1, 0.15) is 0 Å². The fraction of sp³-hybridized carbons (Fsp3) is 0.700. The van der Waals surface area contributed by atoms with Crippen LogP contribution in [0.1, 0.15) is 13.3 Å². The van der Waals surface area contributed by atoms with Crippen molar-refractivity contribution < 1.29 is 18.0 Å². The van der Waals surface area contributed by atoms with Gasteiger partial charge in [-0.05, 0) is 13.0 Å². The Kier molecular flexibility index (Phi) is 4.35. The molecule has 92 valence electrons. The van der Waals surface area contributed by atoms with Crippen molar-refractivity contribution in [2.75, 3.05) is 26.2 Å². The second kappa shape index (κ2) is 5.34. The van der Waals surface area contributed by atoms with Gasteiger partial charge in [-0.25, -0.2) is 0 Å². The lowest BCUT2D eigenvalue weighted by molar-refractivity contribution is -0.131. The van der Waals surface area contributed by atoms with E-state index >= 15 is 0 Å². The number of carbonyl (C=O) groups excluding carboxylic acids is 1. The van der Waals surface area contributed by atoms with E-state index in [1.807, 2.05) is 6.92 Å². The highest BCUT2D eigenvalue weighted by Crippen LogP contribution is 2.29. The molecule has 3 nitrogen and oxygen atoms in total. The summed E-state index contributed by atoms with van der Waals surface area (Å²) in [6.07, 6.45) is -3.27. The largest absolute Gasteiger partial charge is 0.412 e. The standard InChI is InChI=1S/C10H15F3N2O/c1-2-14-7-9(16)15-5-3-8(4-6-15)10(11,12)13/h3,14H,2,4-7H2,1H3. The van der Waals surface area contributed by atoms with Gasteiger partial charge in [-0.3, -0.25) is 4.79 Å². The van der Waals surface area contributed by atoms with Crippen molar-refractivity contribution in [2.45, 2.75) is 19.5 Å². The zero-order valence-corrected chi connectivity index (χ0v) is 9.10. The van der Waals surface area contributed by atoms with E-state index in [4.69, 9.17) is 0 Å². The van der Waals surface area contributed by atoms with Crippen LogP contribution in [0.15, 0.2) is 11.6 Å². The van der Waals surface area contributed by atoms with Crippen molar-refractivity contribution in [3.05, 3.63) is 11.6 Å². The first-order valence-electron chi connectivity index (χ1n) is 5.20. The van der Waals surface area contributed by atoms with E-state index in [0.29, 0.717) is 6.54 Å². The number of amides is 1. The highest BCUT2D eigenvalue weighted by atomic mass is 19.4. The van der Waals surface area contributed by atoms with E-state index in [1.54, 1.807) is 0 Å². The second-order valence-corrected chi connectivity index (χ2v) is 3.60. The molecule has 1 N–H and O–H groups in total. The third-order valence-electron chi connectivity index (χ3n) is 2.45. The molecule has 0 bridgehead atoms. The maximum atomic E-state index is 12.3. The van der Waals surface area contributed by atoms with E-state index in [1.165, 1.54) is 4.90 Å². The molecule has 0 aromatic heterocycles. The Morgan fingerprint density at radius 1 is 1.56 bits per heavy atom. The number of hydrogen-bond acceptors (Lipinski definition) is 2. The van der Waals surface area contributed by atoms with Crippen LogP contribution in [0, 0.1) is 0 Å². The highest BCUT2D eigenvalue weighted by molar-refractivity contribution is 5.78. The van der Waals surface area contributed by atoms with E-state index in [9.17, 15) is 18.0 Å². The zero-order chi connectivity index (χ0) is 12.2. The number of likely N-dealkylation sites (N-methyl/N-ethyl adjacent to an activating group) is 1. The SMILES string of the molecule is CCNCC(=O)N1CC=C(C(F)(F)F)CC1. The Bertz CT molecular complexity index is 286. The van der Waals surface area contributed by atoms with Crippen molar-refractivity contribution in [3.63, 3.8) is 0 Å². The van der Waals surface area contributed by atoms with Crippen LogP contribution in [-0.2, 0) is 4.79 Å². The van der Waals surface area contributed by atoms with Crippen LogP contribution < -0.4 is 5.32 Å². The summed E-state index contributed by atoms with van der Waals surface area (Å²) in [6.45, 7) is 2.93. The normalized spacial score (nSPS) is 17.2. The maximum absolute atomic E-state index is 12.3. The molecule has 0 atom stereocenters. The van der Waals surface area contributed by atoms with Crippen molar-refractivity contribution >= 4 is 5.91 Å². The molecule has 1 heterocycles. The Morgan fingerprint density at radius 3 is 2.69 bits per heavy atom. The Balaban J connectivity index is 2.48. The minimum Gasteiger partial charge on any atom is -0.338 e. The maximum Gasteiger partial charge on any atom is 0.412 e. The van der Waals surface area contributed by atoms with Gasteiger partial charge in [-0.2, -0.15) is 13.2 Å². The molecule has 0 aromatic carbocycles. The van der Waals surface area contributed by atoms with E-state index in [-0.39, 0.29) is 32.0 Å². The zero-order valence-electron chi connectivity index (χ0n) is 9.10. The number of rotatable bonds is 3. The Hall–Kier alpha value is -1.04. The lowest BCUT2D eigenvalue weighted by atomic mass is 10.1. The molecule has 0 spiro atoms. The molecule has 0 saturated heterocycles. The Morgan fingerprint density at radius 2 is 2.25 bits per heavy atom. The van der Waals surface area contributed by atoms with Gasteiger partial charge in [0.2, 0.25) is 5.91 Å². The molecule has 0 aromatic rings. The van der Waals surface area contributed by atoms with Gasteiger partial charge in [0.25, 0.3) is 0 Å². The average molecular weight is 236 g/mol. The molecule has 0 radical (unpaired) electrons. The van der Waals surface area contributed by atoms with Crippen molar-refractivity contribution in [1.82, 2.24) is 10.2 Å². The molecule has 1 amide bonds. The summed E-state index contributed by atoms with van der Waals surface area (Å²) >= 11 is 0. The minimum absolute atomic E-state index is 0.0546. The smallest absolute Gasteiger partial charge is 0.338 e. The fourth-order valence-electron chi connectivity index (χ4n) is 1.50. The Labute approximate surface area is 92.3 Å². The molecule has 1 rings (SSSR count). The van der Waals surface area contributed by atoms with Gasteiger partial charge in [-0.15, -0.1) is 0 Å². The van der Waals surface area contributed by atoms with Crippen LogP contribution in [0.4, 0.5) is 13.2 Å². The van der Waals surface area contributed by atoms with Gasteiger partial charge < -0.3 is 10.2 Å².